The second kappa shape index (κ2) is 10.2. The van der Waals surface area contributed by atoms with Gasteiger partial charge in [0, 0.05) is 23.1 Å². The minimum absolute atomic E-state index is 0.270. The van der Waals surface area contributed by atoms with Crippen LogP contribution in [0.1, 0.15) is 61.2 Å². The molecule has 1 heterocycles. The number of aromatic nitrogens is 2. The van der Waals surface area contributed by atoms with Gasteiger partial charge in [0.25, 0.3) is 0 Å². The van der Waals surface area contributed by atoms with Gasteiger partial charge in [0.15, 0.2) is 0 Å². The molecule has 37 heavy (non-hydrogen) atoms. The first-order valence-corrected chi connectivity index (χ1v) is 12.1. The Hall–Kier alpha value is -3.40. The molecule has 0 saturated heterocycles. The molecule has 10 heteroatoms. The Morgan fingerprint density at radius 3 is 2.49 bits per heavy atom. The van der Waals surface area contributed by atoms with Gasteiger partial charge < -0.3 is 19.9 Å². The standard InChI is InChI=1S/C27H30F3N3O4/c1-15(18-6-5-7-19(12-18)27(28,29)30)31-24-20-13-21(23(36-3)14-22(20)32-16(2)33-24)26(35)10-8-17(9-11-26)25(34)37-4/h5-7,12-15,17,35H,8-11H2,1-4H3,(H,31,32,33)/t15-,17-,26-/m1/s1. The quantitative estimate of drug-likeness (QED) is 0.406. The maximum absolute atomic E-state index is 13.2. The summed E-state index contributed by atoms with van der Waals surface area (Å²) in [6.45, 7) is 3.48. The summed E-state index contributed by atoms with van der Waals surface area (Å²) < 4.78 is 50.2. The molecule has 2 aromatic carbocycles. The summed E-state index contributed by atoms with van der Waals surface area (Å²) in [6.07, 6.45) is -2.84. The van der Waals surface area contributed by atoms with E-state index in [9.17, 15) is 23.1 Å². The van der Waals surface area contributed by atoms with E-state index in [-0.39, 0.29) is 11.9 Å². The number of esters is 1. The van der Waals surface area contributed by atoms with Crippen molar-refractivity contribution in [1.29, 1.82) is 0 Å². The summed E-state index contributed by atoms with van der Waals surface area (Å²) in [6, 6.07) is 8.16. The highest BCUT2D eigenvalue weighted by atomic mass is 19.4. The zero-order chi connectivity index (χ0) is 27.0. The number of fused-ring (bicyclic) bond motifs is 1. The fourth-order valence-electron chi connectivity index (χ4n) is 4.95. The molecule has 1 aliphatic carbocycles. The van der Waals surface area contributed by atoms with E-state index in [1.54, 1.807) is 32.0 Å². The zero-order valence-corrected chi connectivity index (χ0v) is 21.1. The topological polar surface area (TPSA) is 93.6 Å². The molecule has 3 aromatic rings. The van der Waals surface area contributed by atoms with Crippen molar-refractivity contribution >= 4 is 22.7 Å². The number of aryl methyl sites for hydroxylation is 1. The van der Waals surface area contributed by atoms with E-state index in [1.165, 1.54) is 20.3 Å². The SMILES string of the molecule is COc1cc2nc(C)nc(N[C@H](C)c3cccc(C(F)(F)F)c3)c2cc1[C@]1(O)CC[C@H](C(=O)OC)CC1. The maximum atomic E-state index is 13.2. The molecular formula is C27H30F3N3O4. The second-order valence-electron chi connectivity index (χ2n) is 9.51. The molecule has 1 saturated carbocycles. The number of nitrogens with zero attached hydrogens (tertiary/aromatic N) is 2. The van der Waals surface area contributed by atoms with Crippen molar-refractivity contribution in [3.63, 3.8) is 0 Å². The van der Waals surface area contributed by atoms with Crippen molar-refractivity contribution in [3.05, 3.63) is 58.9 Å². The molecule has 1 fully saturated rings. The van der Waals surface area contributed by atoms with Gasteiger partial charge in [-0.05, 0) is 63.3 Å². The van der Waals surface area contributed by atoms with Crippen LogP contribution in [0.2, 0.25) is 0 Å². The van der Waals surface area contributed by atoms with Gasteiger partial charge in [-0.25, -0.2) is 9.97 Å². The van der Waals surface area contributed by atoms with Crippen LogP contribution in [0.5, 0.6) is 5.75 Å². The predicted octanol–water partition coefficient (Wildman–Crippen LogP) is 5.69. The lowest BCUT2D eigenvalue weighted by Crippen LogP contribution is -2.34. The number of aliphatic hydroxyl groups is 1. The van der Waals surface area contributed by atoms with Crippen LogP contribution in [-0.4, -0.2) is 35.3 Å². The van der Waals surface area contributed by atoms with Gasteiger partial charge in [-0.1, -0.05) is 12.1 Å². The number of ether oxygens (including phenoxy) is 2. The fourth-order valence-corrected chi connectivity index (χ4v) is 4.95. The number of halogens is 3. The minimum Gasteiger partial charge on any atom is -0.496 e. The zero-order valence-electron chi connectivity index (χ0n) is 21.1. The van der Waals surface area contributed by atoms with Crippen molar-refractivity contribution in [2.24, 2.45) is 5.92 Å². The predicted molar refractivity (Wildman–Crippen MR) is 132 cm³/mol. The number of benzene rings is 2. The minimum atomic E-state index is -4.44. The smallest absolute Gasteiger partial charge is 0.416 e. The van der Waals surface area contributed by atoms with Gasteiger partial charge in [-0.3, -0.25) is 4.79 Å². The molecule has 0 aliphatic heterocycles. The average molecular weight is 518 g/mol. The Morgan fingerprint density at radius 1 is 1.16 bits per heavy atom. The van der Waals surface area contributed by atoms with E-state index >= 15 is 0 Å². The number of hydrogen-bond donors (Lipinski definition) is 2. The summed E-state index contributed by atoms with van der Waals surface area (Å²) in [5.41, 5.74) is -0.391. The van der Waals surface area contributed by atoms with Gasteiger partial charge >= 0.3 is 12.1 Å². The van der Waals surface area contributed by atoms with Crippen LogP contribution in [0, 0.1) is 12.8 Å². The molecule has 0 radical (unpaired) electrons. The van der Waals surface area contributed by atoms with Gasteiger partial charge in [-0.2, -0.15) is 13.2 Å². The van der Waals surface area contributed by atoms with E-state index in [4.69, 9.17) is 9.47 Å². The molecule has 0 unspecified atom stereocenters. The fraction of sp³-hybridized carbons (Fsp3) is 0.444. The maximum Gasteiger partial charge on any atom is 0.416 e. The first-order valence-electron chi connectivity index (χ1n) is 12.1. The van der Waals surface area contributed by atoms with Crippen molar-refractivity contribution < 1.29 is 32.5 Å². The lowest BCUT2D eigenvalue weighted by molar-refractivity contribution is -0.148. The molecule has 0 amide bonds. The lowest BCUT2D eigenvalue weighted by atomic mass is 9.74. The monoisotopic (exact) mass is 517 g/mol. The number of anilines is 1. The van der Waals surface area contributed by atoms with Crippen LogP contribution in [0.3, 0.4) is 0 Å². The Morgan fingerprint density at radius 2 is 1.86 bits per heavy atom. The highest BCUT2D eigenvalue weighted by molar-refractivity contribution is 5.91. The normalized spacial score (nSPS) is 20.9. The van der Waals surface area contributed by atoms with Crippen molar-refractivity contribution in [1.82, 2.24) is 9.97 Å². The molecule has 4 rings (SSSR count). The molecule has 1 aliphatic rings. The third kappa shape index (κ3) is 5.49. The first-order chi connectivity index (χ1) is 17.4. The molecular weight excluding hydrogens is 487 g/mol. The largest absolute Gasteiger partial charge is 0.496 e. The molecule has 1 atom stereocenters. The summed E-state index contributed by atoms with van der Waals surface area (Å²) in [5, 5.41) is 15.4. The molecule has 2 N–H and O–H groups in total. The number of alkyl halides is 3. The number of methoxy groups -OCH3 is 2. The van der Waals surface area contributed by atoms with Gasteiger partial charge in [0.05, 0.1) is 36.8 Å². The van der Waals surface area contributed by atoms with Crippen LogP contribution in [0.25, 0.3) is 10.9 Å². The third-order valence-corrected chi connectivity index (χ3v) is 7.04. The Kier molecular flexibility index (Phi) is 7.32. The Balaban J connectivity index is 1.72. The van der Waals surface area contributed by atoms with Crippen LogP contribution in [0.4, 0.5) is 19.0 Å². The Bertz CT molecular complexity index is 1300. The van der Waals surface area contributed by atoms with Crippen molar-refractivity contribution in [2.45, 2.75) is 57.3 Å². The summed E-state index contributed by atoms with van der Waals surface area (Å²) in [4.78, 5) is 21.0. The summed E-state index contributed by atoms with van der Waals surface area (Å²) in [5.74, 6) is 0.808. The van der Waals surface area contributed by atoms with Gasteiger partial charge in [0.2, 0.25) is 0 Å². The first kappa shape index (κ1) is 26.7. The highest BCUT2D eigenvalue weighted by Crippen LogP contribution is 2.45. The molecule has 0 spiro atoms. The van der Waals surface area contributed by atoms with E-state index in [0.717, 1.165) is 12.1 Å². The van der Waals surface area contributed by atoms with Gasteiger partial charge in [0.1, 0.15) is 17.4 Å². The van der Waals surface area contributed by atoms with Crippen LogP contribution >= 0.6 is 0 Å². The molecule has 0 bridgehead atoms. The van der Waals surface area contributed by atoms with Crippen LogP contribution in [0.15, 0.2) is 36.4 Å². The lowest BCUT2D eigenvalue weighted by Gasteiger charge is -2.36. The summed E-state index contributed by atoms with van der Waals surface area (Å²) >= 11 is 0. The van der Waals surface area contributed by atoms with Crippen molar-refractivity contribution in [3.8, 4) is 5.75 Å². The molecule has 198 valence electrons. The highest BCUT2D eigenvalue weighted by Gasteiger charge is 2.40. The van der Waals surface area contributed by atoms with Crippen molar-refractivity contribution in [2.75, 3.05) is 19.5 Å². The average Bonchev–Trinajstić information content (AvgIpc) is 2.87. The third-order valence-electron chi connectivity index (χ3n) is 7.04. The van der Waals surface area contributed by atoms with E-state index < -0.39 is 23.4 Å². The number of carbonyl (C=O) groups excluding carboxylic acids is 1. The number of hydrogen-bond acceptors (Lipinski definition) is 7. The van der Waals surface area contributed by atoms with Gasteiger partial charge in [-0.15, -0.1) is 0 Å². The van der Waals surface area contributed by atoms with E-state index in [1.807, 2.05) is 0 Å². The van der Waals surface area contributed by atoms with Crippen LogP contribution < -0.4 is 10.1 Å². The second-order valence-corrected chi connectivity index (χ2v) is 9.51. The molecule has 7 nitrogen and oxygen atoms in total. The number of carbonyl (C=O) groups is 1. The Labute approximate surface area is 213 Å². The van der Waals surface area contributed by atoms with E-state index in [0.29, 0.717) is 65.1 Å². The van der Waals surface area contributed by atoms with E-state index in [2.05, 4.69) is 15.3 Å². The van der Waals surface area contributed by atoms with Crippen LogP contribution in [-0.2, 0) is 21.3 Å². The molecule has 1 aromatic heterocycles. The number of rotatable bonds is 6. The summed E-state index contributed by atoms with van der Waals surface area (Å²) in [7, 11) is 2.86. The number of nitrogens with one attached hydrogen (secondary N) is 1.